The van der Waals surface area contributed by atoms with Crippen LogP contribution in [0.15, 0.2) is 23.2 Å². The van der Waals surface area contributed by atoms with E-state index >= 15 is 0 Å². The van der Waals surface area contributed by atoms with Gasteiger partial charge in [0.15, 0.2) is 0 Å². The van der Waals surface area contributed by atoms with Crippen LogP contribution in [0.1, 0.15) is 33.3 Å². The highest BCUT2D eigenvalue weighted by atomic mass is 16.7. The second-order valence-corrected chi connectivity index (χ2v) is 6.75. The molecule has 112 valence electrons. The van der Waals surface area contributed by atoms with Crippen LogP contribution in [0.2, 0.25) is 0 Å². The van der Waals surface area contributed by atoms with Gasteiger partial charge in [-0.1, -0.05) is 6.07 Å². The number of nitrogens with two attached hydrogens (primary N) is 1. The van der Waals surface area contributed by atoms with Crippen molar-refractivity contribution in [1.82, 2.24) is 0 Å². The minimum Gasteiger partial charge on any atom is -0.399 e. The van der Waals surface area contributed by atoms with Gasteiger partial charge in [-0.3, -0.25) is 0 Å². The number of anilines is 1. The first-order valence-electron chi connectivity index (χ1n) is 7.22. The molecule has 0 aliphatic carbocycles. The Morgan fingerprint density at radius 3 is 2.43 bits per heavy atom. The smallest absolute Gasteiger partial charge is 0.399 e. The average Bonchev–Trinajstić information content (AvgIpc) is 2.63. The molecule has 21 heavy (non-hydrogen) atoms. The van der Waals surface area contributed by atoms with E-state index in [1.165, 1.54) is 0 Å². The summed E-state index contributed by atoms with van der Waals surface area (Å²) in [5, 5.41) is 0. The van der Waals surface area contributed by atoms with Crippen LogP contribution in [0.3, 0.4) is 0 Å². The minimum absolute atomic E-state index is 0.343. The van der Waals surface area contributed by atoms with Gasteiger partial charge in [0.2, 0.25) is 0 Å². The Morgan fingerprint density at radius 1 is 1.19 bits per heavy atom. The van der Waals surface area contributed by atoms with Gasteiger partial charge in [0, 0.05) is 18.3 Å². The van der Waals surface area contributed by atoms with Crippen molar-refractivity contribution in [3.63, 3.8) is 0 Å². The third-order valence-corrected chi connectivity index (χ3v) is 4.69. The van der Waals surface area contributed by atoms with E-state index in [2.05, 4.69) is 43.7 Å². The van der Waals surface area contributed by atoms with E-state index in [1.54, 1.807) is 0 Å². The van der Waals surface area contributed by atoms with Crippen molar-refractivity contribution < 1.29 is 9.31 Å². The highest BCUT2D eigenvalue weighted by molar-refractivity contribution is 6.62. The Kier molecular flexibility index (Phi) is 3.08. The molecule has 1 aromatic rings. The molecule has 1 saturated heterocycles. The molecule has 0 amide bonds. The Morgan fingerprint density at radius 2 is 1.81 bits per heavy atom. The Bertz CT molecular complexity index is 597. The molecule has 0 spiro atoms. The number of hydrogen-bond acceptors (Lipinski definition) is 5. The Labute approximate surface area is 126 Å². The van der Waals surface area contributed by atoms with Crippen LogP contribution in [-0.2, 0) is 9.31 Å². The summed E-state index contributed by atoms with van der Waals surface area (Å²) in [5.41, 5.74) is 8.34. The number of rotatable bonds is 1. The van der Waals surface area contributed by atoms with E-state index in [-0.39, 0.29) is 18.3 Å². The van der Waals surface area contributed by atoms with Crippen molar-refractivity contribution >= 4 is 24.1 Å². The summed E-state index contributed by atoms with van der Waals surface area (Å²) in [6, 6.07) is 6.11. The van der Waals surface area contributed by atoms with Crippen LogP contribution in [0.25, 0.3) is 0 Å². The van der Waals surface area contributed by atoms with Crippen LogP contribution in [0, 0.1) is 0 Å². The summed E-state index contributed by atoms with van der Waals surface area (Å²) in [4.78, 5) is 6.39. The van der Waals surface area contributed by atoms with Gasteiger partial charge >= 0.3 is 7.12 Å². The third-order valence-electron chi connectivity index (χ3n) is 4.69. The zero-order valence-electron chi connectivity index (χ0n) is 13.3. The maximum Gasteiger partial charge on any atom is 0.494 e. The molecule has 0 saturated carbocycles. The lowest BCUT2D eigenvalue weighted by Gasteiger charge is -2.32. The quantitative estimate of drug-likeness (QED) is 0.786. The fourth-order valence-corrected chi connectivity index (χ4v) is 2.56. The lowest BCUT2D eigenvalue weighted by molar-refractivity contribution is 0.00578. The van der Waals surface area contributed by atoms with Crippen molar-refractivity contribution in [3.05, 3.63) is 23.8 Å². The summed E-state index contributed by atoms with van der Waals surface area (Å²) < 4.78 is 12.2. The molecular formula is C15H22BN3O2. The van der Waals surface area contributed by atoms with Crippen molar-refractivity contribution in [2.75, 3.05) is 18.6 Å². The van der Waals surface area contributed by atoms with Crippen molar-refractivity contribution in [1.29, 1.82) is 0 Å². The highest BCUT2D eigenvalue weighted by Gasteiger charge is 2.51. The van der Waals surface area contributed by atoms with Crippen LogP contribution in [-0.4, -0.2) is 37.9 Å². The fraction of sp³-hybridized carbons (Fsp3) is 0.533. The number of hydrogen-bond donors (Lipinski definition) is 1. The maximum absolute atomic E-state index is 6.09. The van der Waals surface area contributed by atoms with E-state index in [1.807, 2.05) is 19.2 Å². The van der Waals surface area contributed by atoms with E-state index in [0.29, 0.717) is 12.5 Å². The average molecular weight is 287 g/mol. The predicted octanol–water partition coefficient (Wildman–Crippen LogP) is 1.10. The first-order valence-corrected chi connectivity index (χ1v) is 7.22. The van der Waals surface area contributed by atoms with Crippen LogP contribution in [0.5, 0.6) is 0 Å². The van der Waals surface area contributed by atoms with Crippen molar-refractivity contribution in [2.45, 2.75) is 38.9 Å². The van der Waals surface area contributed by atoms with Crippen LogP contribution in [0.4, 0.5) is 5.69 Å². The van der Waals surface area contributed by atoms with E-state index in [4.69, 9.17) is 15.0 Å². The molecule has 0 bridgehead atoms. The molecule has 0 unspecified atom stereocenters. The van der Waals surface area contributed by atoms with Gasteiger partial charge in [0.1, 0.15) is 12.5 Å². The number of fused-ring (bicyclic) bond motifs is 1. The van der Waals surface area contributed by atoms with Crippen LogP contribution >= 0.6 is 0 Å². The zero-order chi connectivity index (χ0) is 15.4. The summed E-state index contributed by atoms with van der Waals surface area (Å²) in [6.07, 6.45) is 0. The van der Waals surface area contributed by atoms with Gasteiger partial charge in [-0.05, 0) is 45.3 Å². The molecule has 5 nitrogen and oxygen atoms in total. The molecule has 2 heterocycles. The Hall–Kier alpha value is -1.53. The molecule has 0 radical (unpaired) electrons. The number of benzene rings is 1. The normalized spacial score (nSPS) is 23.0. The first-order chi connectivity index (χ1) is 9.71. The molecule has 2 aliphatic heterocycles. The maximum atomic E-state index is 6.09. The van der Waals surface area contributed by atoms with E-state index in [9.17, 15) is 0 Å². The lowest BCUT2D eigenvalue weighted by Crippen LogP contribution is -2.41. The van der Waals surface area contributed by atoms with Crippen molar-refractivity contribution in [2.24, 2.45) is 10.7 Å². The largest absolute Gasteiger partial charge is 0.494 e. The summed E-state index contributed by atoms with van der Waals surface area (Å²) in [5.74, 6) is 0.571. The van der Waals surface area contributed by atoms with Crippen LogP contribution < -0.4 is 16.1 Å². The number of amidine groups is 1. The lowest BCUT2D eigenvalue weighted by atomic mass is 9.78. The third kappa shape index (κ3) is 2.22. The molecular weight excluding hydrogens is 265 g/mol. The molecule has 1 fully saturated rings. The standard InChI is InChI=1S/C15H22BN3O2/c1-14(2)15(3,4)21-16(20-14)10-6-7-12-11(8-10)13(17)18-9-19(12)5/h6-8H,9H2,1-5H3,(H2,17,18). The molecule has 2 aliphatic rings. The van der Waals surface area contributed by atoms with Gasteiger partial charge in [0.25, 0.3) is 0 Å². The van der Waals surface area contributed by atoms with Crippen molar-refractivity contribution in [3.8, 4) is 0 Å². The fourth-order valence-electron chi connectivity index (χ4n) is 2.56. The topological polar surface area (TPSA) is 60.1 Å². The molecule has 2 N–H and O–H groups in total. The van der Waals surface area contributed by atoms with Gasteiger partial charge in [-0.2, -0.15) is 0 Å². The second kappa shape index (κ2) is 4.48. The monoisotopic (exact) mass is 287 g/mol. The first kappa shape index (κ1) is 14.4. The minimum atomic E-state index is -0.375. The van der Waals surface area contributed by atoms with Gasteiger partial charge < -0.3 is 19.9 Å². The van der Waals surface area contributed by atoms with Gasteiger partial charge in [-0.25, -0.2) is 4.99 Å². The summed E-state index contributed by atoms with van der Waals surface area (Å²) in [7, 11) is 1.63. The van der Waals surface area contributed by atoms with E-state index < -0.39 is 0 Å². The molecule has 3 rings (SSSR count). The predicted molar refractivity (Wildman–Crippen MR) is 86.2 cm³/mol. The molecule has 0 aromatic heterocycles. The highest BCUT2D eigenvalue weighted by Crippen LogP contribution is 2.36. The van der Waals surface area contributed by atoms with Gasteiger partial charge in [-0.15, -0.1) is 0 Å². The molecule has 1 aromatic carbocycles. The second-order valence-electron chi connectivity index (χ2n) is 6.75. The Balaban J connectivity index is 1.96. The van der Waals surface area contributed by atoms with E-state index in [0.717, 1.165) is 16.7 Å². The zero-order valence-corrected chi connectivity index (χ0v) is 13.3. The molecule has 0 atom stereocenters. The number of nitrogens with zero attached hydrogens (tertiary/aromatic N) is 2. The summed E-state index contributed by atoms with van der Waals surface area (Å²) >= 11 is 0. The summed E-state index contributed by atoms with van der Waals surface area (Å²) in [6.45, 7) is 8.79. The number of aliphatic imine (C=N–C) groups is 1. The van der Waals surface area contributed by atoms with Gasteiger partial charge in [0.05, 0.1) is 11.2 Å². The SMILES string of the molecule is CN1CN=C(N)c2cc(B3OC(C)(C)C(C)(C)O3)ccc21. The molecule has 6 heteroatoms.